The number of hydrogen-bond acceptors (Lipinski definition) is 6. The molecular formula is C14H18N2O6. The highest BCUT2D eigenvalue weighted by Crippen LogP contribution is 2.29. The van der Waals surface area contributed by atoms with Crippen LogP contribution in [0.15, 0.2) is 12.1 Å². The highest BCUT2D eigenvalue weighted by atomic mass is 16.6. The third kappa shape index (κ3) is 4.44. The molecule has 0 aliphatic rings. The maximum Gasteiger partial charge on any atom is 0.412 e. The predicted octanol–water partition coefficient (Wildman–Crippen LogP) is 3.04. The summed E-state index contributed by atoms with van der Waals surface area (Å²) in [6.45, 7) is 6.60. The summed E-state index contributed by atoms with van der Waals surface area (Å²) in [6.07, 6.45) is -0.819. The molecule has 0 aliphatic carbocycles. The molecule has 0 fully saturated rings. The number of hydrogen-bond donors (Lipinski definition) is 1. The smallest absolute Gasteiger partial charge is 0.412 e. The summed E-state index contributed by atoms with van der Waals surface area (Å²) >= 11 is 0. The van der Waals surface area contributed by atoms with Crippen molar-refractivity contribution in [3.05, 3.63) is 33.4 Å². The van der Waals surface area contributed by atoms with E-state index in [1.807, 2.05) is 0 Å². The molecule has 1 amide bonds. The summed E-state index contributed by atoms with van der Waals surface area (Å²) in [6, 6.07) is 2.39. The number of esters is 1. The minimum absolute atomic E-state index is 0.0515. The molecule has 0 radical (unpaired) electrons. The third-order valence-electron chi connectivity index (χ3n) is 2.58. The van der Waals surface area contributed by atoms with Gasteiger partial charge in [0.05, 0.1) is 17.6 Å². The fourth-order valence-electron chi connectivity index (χ4n) is 1.69. The van der Waals surface area contributed by atoms with Crippen molar-refractivity contribution in [2.75, 3.05) is 12.4 Å². The molecule has 0 spiro atoms. The molecule has 0 bridgehead atoms. The second-order valence-electron chi connectivity index (χ2n) is 5.56. The minimum atomic E-state index is -0.819. The first kappa shape index (κ1) is 17.4. The van der Waals surface area contributed by atoms with E-state index in [1.54, 1.807) is 27.7 Å². The summed E-state index contributed by atoms with van der Waals surface area (Å²) in [5.41, 5.74) is -0.714. The maximum atomic E-state index is 11.7. The number of benzene rings is 1. The Hall–Kier alpha value is -2.64. The lowest BCUT2D eigenvalue weighted by atomic mass is 10.1. The Bertz CT molecular complexity index is 618. The standard InChI is InChI=1S/C14H18N2O6/c1-8-6-10(15-13(18)22-14(2,3)4)11(16(19)20)7-9(8)12(17)21-5/h6-7H,1-5H3,(H,15,18). The molecule has 8 heteroatoms. The maximum absolute atomic E-state index is 11.7. The van der Waals surface area contributed by atoms with Crippen molar-refractivity contribution in [2.24, 2.45) is 0 Å². The average Bonchev–Trinajstić information content (AvgIpc) is 2.35. The van der Waals surface area contributed by atoms with Gasteiger partial charge in [-0.25, -0.2) is 9.59 Å². The summed E-state index contributed by atoms with van der Waals surface area (Å²) in [5, 5.41) is 13.4. The number of nitro benzene ring substituents is 1. The zero-order valence-electron chi connectivity index (χ0n) is 13.1. The number of nitrogens with zero attached hydrogens (tertiary/aromatic N) is 1. The van der Waals surface area contributed by atoms with Gasteiger partial charge in [-0.3, -0.25) is 15.4 Å². The van der Waals surface area contributed by atoms with Crippen LogP contribution in [0.4, 0.5) is 16.2 Å². The third-order valence-corrected chi connectivity index (χ3v) is 2.58. The second-order valence-corrected chi connectivity index (χ2v) is 5.56. The number of amides is 1. The van der Waals surface area contributed by atoms with Gasteiger partial charge >= 0.3 is 12.1 Å². The minimum Gasteiger partial charge on any atom is -0.465 e. The van der Waals surface area contributed by atoms with Gasteiger partial charge in [-0.2, -0.15) is 0 Å². The Kier molecular flexibility index (Phi) is 5.08. The van der Waals surface area contributed by atoms with Crippen LogP contribution in [0.1, 0.15) is 36.7 Å². The molecule has 0 atom stereocenters. The van der Waals surface area contributed by atoms with Crippen LogP contribution in [0.25, 0.3) is 0 Å². The van der Waals surface area contributed by atoms with Crippen molar-refractivity contribution in [3.8, 4) is 0 Å². The quantitative estimate of drug-likeness (QED) is 0.522. The monoisotopic (exact) mass is 310 g/mol. The van der Waals surface area contributed by atoms with Gasteiger partial charge < -0.3 is 9.47 Å². The molecule has 1 aromatic rings. The van der Waals surface area contributed by atoms with Crippen LogP contribution in [-0.2, 0) is 9.47 Å². The van der Waals surface area contributed by atoms with Crippen LogP contribution in [-0.4, -0.2) is 29.7 Å². The molecule has 0 saturated heterocycles. The predicted molar refractivity (Wildman–Crippen MR) is 79.0 cm³/mol. The molecule has 1 aromatic carbocycles. The molecule has 120 valence electrons. The summed E-state index contributed by atoms with van der Waals surface area (Å²) in [7, 11) is 1.18. The van der Waals surface area contributed by atoms with Gasteiger partial charge in [-0.15, -0.1) is 0 Å². The molecule has 0 saturated carbocycles. The van der Waals surface area contributed by atoms with Gasteiger partial charge in [0.25, 0.3) is 5.69 Å². The van der Waals surface area contributed by atoms with Crippen molar-refractivity contribution in [3.63, 3.8) is 0 Å². The number of aryl methyl sites for hydroxylation is 1. The van der Waals surface area contributed by atoms with Gasteiger partial charge in [0.2, 0.25) is 0 Å². The van der Waals surface area contributed by atoms with E-state index in [-0.39, 0.29) is 11.3 Å². The highest BCUT2D eigenvalue weighted by Gasteiger charge is 2.24. The largest absolute Gasteiger partial charge is 0.465 e. The number of carbonyl (C=O) groups is 2. The molecular weight excluding hydrogens is 292 g/mol. The fraction of sp³-hybridized carbons (Fsp3) is 0.429. The van der Waals surface area contributed by atoms with Crippen LogP contribution in [0.5, 0.6) is 0 Å². The average molecular weight is 310 g/mol. The Morgan fingerprint density at radius 3 is 2.32 bits per heavy atom. The lowest BCUT2D eigenvalue weighted by molar-refractivity contribution is -0.384. The van der Waals surface area contributed by atoms with E-state index in [9.17, 15) is 19.7 Å². The Morgan fingerprint density at radius 2 is 1.86 bits per heavy atom. The van der Waals surface area contributed by atoms with E-state index in [0.29, 0.717) is 5.56 Å². The number of rotatable bonds is 3. The van der Waals surface area contributed by atoms with Crippen LogP contribution in [0.2, 0.25) is 0 Å². The van der Waals surface area contributed by atoms with E-state index in [1.165, 1.54) is 13.2 Å². The van der Waals surface area contributed by atoms with E-state index < -0.39 is 28.3 Å². The molecule has 1 N–H and O–H groups in total. The Morgan fingerprint density at radius 1 is 1.27 bits per heavy atom. The molecule has 1 rings (SSSR count). The number of carbonyl (C=O) groups excluding carboxylic acids is 2. The van der Waals surface area contributed by atoms with Gasteiger partial charge in [-0.05, 0) is 39.3 Å². The topological polar surface area (TPSA) is 108 Å². The first-order valence-corrected chi connectivity index (χ1v) is 6.42. The molecule has 0 aliphatic heterocycles. The van der Waals surface area contributed by atoms with Crippen LogP contribution >= 0.6 is 0 Å². The molecule has 0 aromatic heterocycles. The van der Waals surface area contributed by atoms with Gasteiger partial charge in [0, 0.05) is 6.07 Å². The summed E-state index contributed by atoms with van der Waals surface area (Å²) < 4.78 is 9.62. The first-order valence-electron chi connectivity index (χ1n) is 6.42. The molecule has 22 heavy (non-hydrogen) atoms. The highest BCUT2D eigenvalue weighted by molar-refractivity contribution is 5.95. The normalized spacial score (nSPS) is 10.8. The SMILES string of the molecule is COC(=O)c1cc([N+](=O)[O-])c(NC(=O)OC(C)(C)C)cc1C. The second kappa shape index (κ2) is 6.42. The van der Waals surface area contributed by atoms with Crippen LogP contribution in [0, 0.1) is 17.0 Å². The molecule has 8 nitrogen and oxygen atoms in total. The van der Waals surface area contributed by atoms with E-state index in [2.05, 4.69) is 10.1 Å². The molecule has 0 heterocycles. The number of nitrogens with one attached hydrogen (secondary N) is 1. The van der Waals surface area contributed by atoms with Crippen molar-refractivity contribution in [1.82, 2.24) is 0 Å². The first-order chi connectivity index (χ1) is 10.0. The number of nitro groups is 1. The van der Waals surface area contributed by atoms with E-state index in [4.69, 9.17) is 4.74 Å². The lowest BCUT2D eigenvalue weighted by Gasteiger charge is -2.19. The van der Waals surface area contributed by atoms with Crippen molar-refractivity contribution in [1.29, 1.82) is 0 Å². The van der Waals surface area contributed by atoms with Gasteiger partial charge in [-0.1, -0.05) is 0 Å². The van der Waals surface area contributed by atoms with Crippen LogP contribution < -0.4 is 5.32 Å². The zero-order valence-corrected chi connectivity index (χ0v) is 13.1. The number of methoxy groups -OCH3 is 1. The van der Waals surface area contributed by atoms with Gasteiger partial charge in [0.15, 0.2) is 0 Å². The number of anilines is 1. The lowest BCUT2D eigenvalue weighted by Crippen LogP contribution is -2.27. The fourth-order valence-corrected chi connectivity index (χ4v) is 1.69. The zero-order chi connectivity index (χ0) is 17.1. The number of ether oxygens (including phenoxy) is 2. The van der Waals surface area contributed by atoms with E-state index >= 15 is 0 Å². The molecule has 0 unspecified atom stereocenters. The van der Waals surface area contributed by atoms with Crippen LogP contribution in [0.3, 0.4) is 0 Å². The Balaban J connectivity index is 3.20. The van der Waals surface area contributed by atoms with Crippen molar-refractivity contribution < 1.29 is 24.0 Å². The summed E-state index contributed by atoms with van der Waals surface area (Å²) in [4.78, 5) is 33.7. The summed E-state index contributed by atoms with van der Waals surface area (Å²) in [5.74, 6) is -0.690. The van der Waals surface area contributed by atoms with Crippen molar-refractivity contribution >= 4 is 23.4 Å². The Labute approximate surface area is 127 Å². The van der Waals surface area contributed by atoms with Gasteiger partial charge in [0.1, 0.15) is 11.3 Å². The van der Waals surface area contributed by atoms with E-state index in [0.717, 1.165) is 6.07 Å². The van der Waals surface area contributed by atoms with Crippen molar-refractivity contribution in [2.45, 2.75) is 33.3 Å².